The predicted molar refractivity (Wildman–Crippen MR) is 207 cm³/mol. The van der Waals surface area contributed by atoms with E-state index in [1.807, 2.05) is 0 Å². The fraction of sp³-hybridized carbons (Fsp3) is 0.250. The molecule has 0 fully saturated rings. The molecular weight excluding hydrogens is 649 g/mol. The largest absolute Gasteiger partial charge is 0.378 e. The first-order chi connectivity index (χ1) is 25.1. The van der Waals surface area contributed by atoms with Crippen LogP contribution in [-0.4, -0.2) is 69.0 Å². The lowest BCUT2D eigenvalue weighted by atomic mass is 9.81. The van der Waals surface area contributed by atoms with Crippen LogP contribution in [0.15, 0.2) is 72.8 Å². The van der Waals surface area contributed by atoms with Crippen molar-refractivity contribution < 1.29 is 0 Å². The zero-order valence-corrected chi connectivity index (χ0v) is 30.7. The van der Waals surface area contributed by atoms with Crippen LogP contribution < -0.4 is 19.6 Å². The van der Waals surface area contributed by atoms with Gasteiger partial charge in [-0.2, -0.15) is 20.4 Å². The number of rotatable bonds is 6. The maximum Gasteiger partial charge on any atom is 0.165 e. The number of hydrogen-bond donors (Lipinski definition) is 4. The van der Waals surface area contributed by atoms with E-state index in [9.17, 15) is 0 Å². The van der Waals surface area contributed by atoms with E-state index in [2.05, 4.69) is 169 Å². The molecule has 3 aromatic carbocycles. The molecule has 2 aliphatic rings. The van der Waals surface area contributed by atoms with Crippen molar-refractivity contribution in [2.24, 2.45) is 0 Å². The molecule has 0 amide bonds. The second-order valence-corrected chi connectivity index (χ2v) is 14.4. The van der Waals surface area contributed by atoms with Crippen molar-refractivity contribution in [3.05, 3.63) is 129 Å². The van der Waals surface area contributed by atoms with Crippen molar-refractivity contribution in [2.45, 2.75) is 39.5 Å². The quantitative estimate of drug-likeness (QED) is 0.139. The molecule has 0 spiro atoms. The Morgan fingerprint density at radius 1 is 0.423 bits per heavy atom. The molecular formula is C40H42N12. The summed E-state index contributed by atoms with van der Waals surface area (Å²) in [7, 11) is 8.25. The van der Waals surface area contributed by atoms with Crippen molar-refractivity contribution in [1.29, 1.82) is 0 Å². The van der Waals surface area contributed by atoms with Crippen molar-refractivity contribution >= 4 is 46.0 Å². The number of nitrogens with zero attached hydrogens (tertiary/aromatic N) is 8. The Bertz CT molecular complexity index is 2160. The summed E-state index contributed by atoms with van der Waals surface area (Å²) < 4.78 is 0. The van der Waals surface area contributed by atoms with Crippen LogP contribution in [0.2, 0.25) is 0 Å². The Morgan fingerprint density at radius 3 is 0.942 bits per heavy atom. The average molecular weight is 691 g/mol. The molecule has 0 bridgehead atoms. The summed E-state index contributed by atoms with van der Waals surface area (Å²) in [5, 5.41) is 32.7. The van der Waals surface area contributed by atoms with E-state index in [1.54, 1.807) is 0 Å². The van der Waals surface area contributed by atoms with Crippen LogP contribution in [0.25, 0.3) is 0 Å². The molecule has 0 saturated carbocycles. The number of H-pyrrole nitrogens is 4. The molecule has 0 saturated heterocycles. The SMILES string of the molecule is Cc1[nH]nc2c1C(c1ccc(N(C)C)cc1)c1c(n[nH]c1C)N2c1ccc(N2c3n[nH]c(C)c3C(c3ccc(N(C)C)cc3)c3c2n[nH]c3C)cc1. The van der Waals surface area contributed by atoms with Gasteiger partial charge in [-0.25, -0.2) is 0 Å². The second-order valence-electron chi connectivity index (χ2n) is 14.4. The van der Waals surface area contributed by atoms with Crippen molar-refractivity contribution in [3.63, 3.8) is 0 Å². The molecule has 0 aliphatic carbocycles. The topological polar surface area (TPSA) is 128 Å². The first-order valence-corrected chi connectivity index (χ1v) is 17.6. The highest BCUT2D eigenvalue weighted by Crippen LogP contribution is 2.54. The van der Waals surface area contributed by atoms with Crippen LogP contribution in [0, 0.1) is 27.7 Å². The van der Waals surface area contributed by atoms with Gasteiger partial charge in [-0.15, -0.1) is 0 Å². The number of aromatic nitrogens is 8. The molecule has 0 atom stereocenters. The minimum atomic E-state index is -0.0164. The monoisotopic (exact) mass is 690 g/mol. The van der Waals surface area contributed by atoms with Crippen molar-refractivity contribution in [1.82, 2.24) is 40.8 Å². The summed E-state index contributed by atoms with van der Waals surface area (Å²) in [6.07, 6.45) is 0. The van der Waals surface area contributed by atoms with Crippen LogP contribution in [0.5, 0.6) is 0 Å². The summed E-state index contributed by atoms with van der Waals surface area (Å²) >= 11 is 0. The molecule has 2 aliphatic heterocycles. The third-order valence-electron chi connectivity index (χ3n) is 10.8. The van der Waals surface area contributed by atoms with Gasteiger partial charge in [-0.1, -0.05) is 24.3 Å². The van der Waals surface area contributed by atoms with Gasteiger partial charge in [0.05, 0.1) is 0 Å². The third kappa shape index (κ3) is 4.59. The molecule has 0 radical (unpaired) electrons. The Morgan fingerprint density at radius 2 is 0.692 bits per heavy atom. The highest BCUT2D eigenvalue weighted by atomic mass is 15.4. The molecule has 4 aromatic heterocycles. The highest BCUT2D eigenvalue weighted by Gasteiger charge is 2.41. The van der Waals surface area contributed by atoms with Crippen molar-refractivity contribution in [3.8, 4) is 0 Å². The standard InChI is InChI=1S/C40H42N12/c1-21-31-35(25-9-13-27(14-10-25)49(5)6)32-22(2)42-46-38(32)51(37(31)45-41-21)29-17-19-30(20-18-29)52-39-33(23(3)43-47-39)36(34-24(4)44-48-40(34)52)26-11-15-28(16-12-26)50(7)8/h9-20,35-36H,1-8H3,(H,41,45)(H,42,46)(H,43,47)(H,44,48). The fourth-order valence-corrected chi connectivity index (χ4v) is 8.09. The van der Waals surface area contributed by atoms with E-state index in [1.165, 1.54) is 11.1 Å². The molecule has 6 heterocycles. The van der Waals surface area contributed by atoms with Crippen molar-refractivity contribution in [2.75, 3.05) is 47.8 Å². The van der Waals surface area contributed by atoms with Crippen LogP contribution in [0.1, 0.15) is 68.0 Å². The average Bonchev–Trinajstić information content (AvgIpc) is 3.93. The summed E-state index contributed by atoms with van der Waals surface area (Å²) in [5.41, 5.74) is 15.3. The lowest BCUT2D eigenvalue weighted by Gasteiger charge is -2.34. The summed E-state index contributed by atoms with van der Waals surface area (Å²) in [6, 6.07) is 26.1. The minimum absolute atomic E-state index is 0.0164. The van der Waals surface area contributed by atoms with E-state index in [0.717, 1.165) is 91.1 Å². The van der Waals surface area contributed by atoms with Crippen LogP contribution in [0.3, 0.4) is 0 Å². The van der Waals surface area contributed by atoms with Gasteiger partial charge in [0, 0.05) is 108 Å². The maximum absolute atomic E-state index is 4.87. The van der Waals surface area contributed by atoms with Gasteiger partial charge in [0.15, 0.2) is 23.3 Å². The Hall–Kier alpha value is -6.30. The first-order valence-electron chi connectivity index (χ1n) is 17.6. The number of nitrogens with one attached hydrogen (secondary N) is 4. The Kier molecular flexibility index (Phi) is 7.08. The maximum atomic E-state index is 4.87. The Labute approximate surface area is 302 Å². The molecule has 9 rings (SSSR count). The van der Waals surface area contributed by atoms with E-state index < -0.39 is 0 Å². The normalized spacial score (nSPS) is 13.9. The van der Waals surface area contributed by atoms with Gasteiger partial charge in [-0.05, 0) is 87.4 Å². The molecule has 262 valence electrons. The van der Waals surface area contributed by atoms with Gasteiger partial charge in [0.1, 0.15) is 0 Å². The first kappa shape index (κ1) is 31.7. The number of benzene rings is 3. The highest BCUT2D eigenvalue weighted by molar-refractivity contribution is 5.86. The molecule has 12 nitrogen and oxygen atoms in total. The summed E-state index contributed by atoms with van der Waals surface area (Å²) in [4.78, 5) is 8.55. The molecule has 0 unspecified atom stereocenters. The third-order valence-corrected chi connectivity index (χ3v) is 10.8. The van der Waals surface area contributed by atoms with Gasteiger partial charge >= 0.3 is 0 Å². The zero-order chi connectivity index (χ0) is 36.0. The number of aromatic amines is 4. The number of fused-ring (bicyclic) bond motifs is 4. The smallest absolute Gasteiger partial charge is 0.165 e. The van der Waals surface area contributed by atoms with Crippen LogP contribution >= 0.6 is 0 Å². The molecule has 12 heteroatoms. The molecule has 7 aromatic rings. The lowest BCUT2D eigenvalue weighted by Crippen LogP contribution is -2.23. The predicted octanol–water partition coefficient (Wildman–Crippen LogP) is 7.87. The van der Waals surface area contributed by atoms with Gasteiger partial charge in [-0.3, -0.25) is 30.2 Å². The summed E-state index contributed by atoms with van der Waals surface area (Å²) in [5.74, 6) is 3.37. The van der Waals surface area contributed by atoms with Gasteiger partial charge in [0.25, 0.3) is 0 Å². The van der Waals surface area contributed by atoms with E-state index >= 15 is 0 Å². The zero-order valence-electron chi connectivity index (χ0n) is 30.7. The van der Waals surface area contributed by atoms with E-state index in [4.69, 9.17) is 20.4 Å². The van der Waals surface area contributed by atoms with E-state index in [0.29, 0.717) is 0 Å². The van der Waals surface area contributed by atoms with Crippen LogP contribution in [0.4, 0.5) is 46.0 Å². The fourth-order valence-electron chi connectivity index (χ4n) is 8.09. The summed E-state index contributed by atoms with van der Waals surface area (Å²) in [6.45, 7) is 8.40. The number of hydrogen-bond acceptors (Lipinski definition) is 8. The van der Waals surface area contributed by atoms with Crippen LogP contribution in [-0.2, 0) is 0 Å². The number of aryl methyl sites for hydroxylation is 4. The Balaban J connectivity index is 1.12. The van der Waals surface area contributed by atoms with Gasteiger partial charge < -0.3 is 9.80 Å². The van der Waals surface area contributed by atoms with Gasteiger partial charge in [0.2, 0.25) is 0 Å². The minimum Gasteiger partial charge on any atom is -0.378 e. The molecule has 52 heavy (non-hydrogen) atoms. The lowest BCUT2D eigenvalue weighted by molar-refractivity contribution is 0.915. The number of anilines is 8. The van der Waals surface area contributed by atoms with E-state index in [-0.39, 0.29) is 11.8 Å². The molecule has 4 N–H and O–H groups in total. The second kappa shape index (κ2) is 11.6.